The second-order valence-electron chi connectivity index (χ2n) is 5.02. The Morgan fingerprint density at radius 1 is 1.20 bits per heavy atom. The van der Waals surface area contributed by atoms with Crippen molar-refractivity contribution in [3.05, 3.63) is 0 Å². The molecular formula is C12H22N2O. The van der Waals surface area contributed by atoms with Crippen LogP contribution in [0.3, 0.4) is 0 Å². The molecule has 0 radical (unpaired) electrons. The summed E-state index contributed by atoms with van der Waals surface area (Å²) in [5.74, 6) is 1.60. The third kappa shape index (κ3) is 3.73. The van der Waals surface area contributed by atoms with Crippen LogP contribution >= 0.6 is 0 Å². The predicted octanol–water partition coefficient (Wildman–Crippen LogP) is 2.23. The van der Waals surface area contributed by atoms with Crippen molar-refractivity contribution >= 4 is 6.03 Å². The van der Waals surface area contributed by atoms with Crippen molar-refractivity contribution in [2.75, 3.05) is 19.6 Å². The lowest BCUT2D eigenvalue weighted by molar-refractivity contribution is 0.192. The lowest BCUT2D eigenvalue weighted by Gasteiger charge is -2.22. The summed E-state index contributed by atoms with van der Waals surface area (Å²) in [4.78, 5) is 13.9. The summed E-state index contributed by atoms with van der Waals surface area (Å²) >= 11 is 0. The fourth-order valence-electron chi connectivity index (χ4n) is 1.81. The van der Waals surface area contributed by atoms with Crippen molar-refractivity contribution in [2.45, 2.75) is 39.0 Å². The number of hydrogen-bond acceptors (Lipinski definition) is 1. The summed E-state index contributed by atoms with van der Waals surface area (Å²) in [7, 11) is 0. The van der Waals surface area contributed by atoms with Crippen LogP contribution in [-0.4, -0.2) is 30.6 Å². The molecule has 0 atom stereocenters. The molecule has 0 spiro atoms. The van der Waals surface area contributed by atoms with Crippen molar-refractivity contribution in [2.24, 2.45) is 11.8 Å². The van der Waals surface area contributed by atoms with E-state index < -0.39 is 0 Å². The maximum atomic E-state index is 11.8. The van der Waals surface area contributed by atoms with E-state index in [0.717, 1.165) is 37.9 Å². The first-order valence-corrected chi connectivity index (χ1v) is 6.32. The molecule has 2 fully saturated rings. The van der Waals surface area contributed by atoms with Crippen LogP contribution in [0.5, 0.6) is 0 Å². The van der Waals surface area contributed by atoms with E-state index in [1.54, 1.807) is 0 Å². The molecule has 0 aliphatic heterocycles. The van der Waals surface area contributed by atoms with Gasteiger partial charge < -0.3 is 10.2 Å². The summed E-state index contributed by atoms with van der Waals surface area (Å²) in [5.41, 5.74) is 0. The second kappa shape index (κ2) is 4.86. The smallest absolute Gasteiger partial charge is 0.317 e. The van der Waals surface area contributed by atoms with Gasteiger partial charge in [-0.05, 0) is 43.9 Å². The number of amides is 2. The van der Waals surface area contributed by atoms with E-state index in [0.29, 0.717) is 0 Å². The molecule has 0 aromatic rings. The van der Waals surface area contributed by atoms with Gasteiger partial charge >= 0.3 is 6.03 Å². The highest BCUT2D eigenvalue weighted by Gasteiger charge is 2.31. The van der Waals surface area contributed by atoms with Crippen molar-refractivity contribution in [3.63, 3.8) is 0 Å². The van der Waals surface area contributed by atoms with Crippen LogP contribution in [0, 0.1) is 11.8 Å². The van der Waals surface area contributed by atoms with Gasteiger partial charge in [0.05, 0.1) is 0 Å². The number of rotatable bonds is 6. The molecule has 0 aromatic carbocycles. The number of hydrogen-bond donors (Lipinski definition) is 1. The van der Waals surface area contributed by atoms with E-state index in [4.69, 9.17) is 0 Å². The van der Waals surface area contributed by atoms with Gasteiger partial charge in [0.2, 0.25) is 0 Å². The monoisotopic (exact) mass is 210 g/mol. The zero-order valence-electron chi connectivity index (χ0n) is 9.67. The van der Waals surface area contributed by atoms with Crippen molar-refractivity contribution in [3.8, 4) is 0 Å². The van der Waals surface area contributed by atoms with Crippen LogP contribution in [0.25, 0.3) is 0 Å². The molecular weight excluding hydrogens is 188 g/mol. The van der Waals surface area contributed by atoms with Crippen LogP contribution < -0.4 is 5.32 Å². The number of nitrogens with zero attached hydrogens (tertiary/aromatic N) is 1. The molecule has 2 aliphatic rings. The molecule has 15 heavy (non-hydrogen) atoms. The van der Waals surface area contributed by atoms with Gasteiger partial charge in [-0.2, -0.15) is 0 Å². The first kappa shape index (κ1) is 10.8. The minimum Gasteiger partial charge on any atom is -0.338 e. The van der Waals surface area contributed by atoms with E-state index in [1.807, 2.05) is 4.90 Å². The molecule has 0 saturated heterocycles. The van der Waals surface area contributed by atoms with Crippen LogP contribution in [-0.2, 0) is 0 Å². The Balaban J connectivity index is 1.75. The van der Waals surface area contributed by atoms with Gasteiger partial charge in [0.1, 0.15) is 0 Å². The summed E-state index contributed by atoms with van der Waals surface area (Å²) in [6.07, 6.45) is 6.31. The highest BCUT2D eigenvalue weighted by molar-refractivity contribution is 5.74. The van der Waals surface area contributed by atoms with Crippen molar-refractivity contribution < 1.29 is 4.79 Å². The molecule has 0 unspecified atom stereocenters. The average Bonchev–Trinajstić information content (AvgIpc) is 3.06. The molecule has 1 N–H and O–H groups in total. The van der Waals surface area contributed by atoms with Crippen molar-refractivity contribution in [1.82, 2.24) is 10.2 Å². The van der Waals surface area contributed by atoms with Crippen LogP contribution in [0.1, 0.15) is 39.0 Å². The molecule has 86 valence electrons. The van der Waals surface area contributed by atoms with Crippen molar-refractivity contribution in [1.29, 1.82) is 0 Å². The standard InChI is InChI=1S/C12H22N2O/c1-2-7-13-12(15)14(8-10-3-4-10)9-11-5-6-11/h10-11H,2-9H2,1H3,(H,13,15). The number of nitrogens with one attached hydrogen (secondary N) is 1. The summed E-state index contributed by atoms with van der Waals surface area (Å²) in [5, 5.41) is 2.99. The van der Waals surface area contributed by atoms with E-state index in [2.05, 4.69) is 12.2 Å². The first-order valence-electron chi connectivity index (χ1n) is 6.32. The Morgan fingerprint density at radius 3 is 2.13 bits per heavy atom. The number of carbonyl (C=O) groups is 1. The molecule has 2 amide bonds. The maximum Gasteiger partial charge on any atom is 0.317 e. The lowest BCUT2D eigenvalue weighted by Crippen LogP contribution is -2.42. The largest absolute Gasteiger partial charge is 0.338 e. The highest BCUT2D eigenvalue weighted by atomic mass is 16.2. The van der Waals surface area contributed by atoms with E-state index >= 15 is 0 Å². The predicted molar refractivity (Wildman–Crippen MR) is 60.7 cm³/mol. The van der Waals surface area contributed by atoms with E-state index in [1.165, 1.54) is 25.7 Å². The van der Waals surface area contributed by atoms with E-state index in [-0.39, 0.29) is 6.03 Å². The zero-order valence-corrected chi connectivity index (χ0v) is 9.67. The van der Waals surface area contributed by atoms with Gasteiger partial charge in [-0.3, -0.25) is 0 Å². The Hall–Kier alpha value is -0.730. The molecule has 2 saturated carbocycles. The van der Waals surface area contributed by atoms with Gasteiger partial charge in [0.15, 0.2) is 0 Å². The SMILES string of the molecule is CCCNC(=O)N(CC1CC1)CC1CC1. The van der Waals surface area contributed by atoms with Gasteiger partial charge in [-0.15, -0.1) is 0 Å². The van der Waals surface area contributed by atoms with Gasteiger partial charge in [-0.1, -0.05) is 6.92 Å². The quantitative estimate of drug-likeness (QED) is 0.716. The fourth-order valence-corrected chi connectivity index (χ4v) is 1.81. The first-order chi connectivity index (χ1) is 7.29. The number of carbonyl (C=O) groups excluding carboxylic acids is 1. The maximum absolute atomic E-state index is 11.8. The Bertz CT molecular complexity index is 208. The molecule has 3 nitrogen and oxygen atoms in total. The molecule has 3 heteroatoms. The van der Waals surface area contributed by atoms with Gasteiger partial charge in [0.25, 0.3) is 0 Å². The second-order valence-corrected chi connectivity index (χ2v) is 5.02. The zero-order chi connectivity index (χ0) is 10.7. The Morgan fingerprint density at radius 2 is 1.73 bits per heavy atom. The third-order valence-corrected chi connectivity index (χ3v) is 3.16. The Labute approximate surface area is 92.2 Å². The van der Waals surface area contributed by atoms with Gasteiger partial charge in [-0.25, -0.2) is 4.79 Å². The van der Waals surface area contributed by atoms with E-state index in [9.17, 15) is 4.79 Å². The number of urea groups is 1. The van der Waals surface area contributed by atoms with Crippen LogP contribution in [0.2, 0.25) is 0 Å². The molecule has 2 rings (SSSR count). The highest BCUT2D eigenvalue weighted by Crippen LogP contribution is 2.33. The lowest BCUT2D eigenvalue weighted by atomic mass is 10.3. The molecule has 0 aromatic heterocycles. The summed E-state index contributed by atoms with van der Waals surface area (Å²) < 4.78 is 0. The Kier molecular flexibility index (Phi) is 3.49. The molecule has 0 bridgehead atoms. The topological polar surface area (TPSA) is 32.3 Å². The fraction of sp³-hybridized carbons (Fsp3) is 0.917. The third-order valence-electron chi connectivity index (χ3n) is 3.16. The van der Waals surface area contributed by atoms with Crippen LogP contribution in [0.4, 0.5) is 4.79 Å². The minimum atomic E-state index is 0.163. The molecule has 2 aliphatic carbocycles. The summed E-state index contributed by atoms with van der Waals surface area (Å²) in [6, 6.07) is 0.163. The van der Waals surface area contributed by atoms with Crippen LogP contribution in [0.15, 0.2) is 0 Å². The van der Waals surface area contributed by atoms with Gasteiger partial charge in [0, 0.05) is 19.6 Å². The normalized spacial score (nSPS) is 20.1. The summed E-state index contributed by atoms with van der Waals surface area (Å²) in [6.45, 7) is 4.88. The molecule has 0 heterocycles. The average molecular weight is 210 g/mol. The minimum absolute atomic E-state index is 0.163.